The van der Waals surface area contributed by atoms with E-state index in [0.717, 1.165) is 17.2 Å². The van der Waals surface area contributed by atoms with Gasteiger partial charge in [0.25, 0.3) is 0 Å². The standard InChI is InChI=1S/C15H30N2S/c1-4-18-15-8-5-7-14(15)17-10-6-9-16-13(11-17)12(2)3/h12-16H,4-11H2,1-3H3. The molecule has 0 radical (unpaired) electrons. The first-order chi connectivity index (χ1) is 8.72. The molecular weight excluding hydrogens is 240 g/mol. The van der Waals surface area contributed by atoms with Crippen molar-refractivity contribution in [1.82, 2.24) is 10.2 Å². The van der Waals surface area contributed by atoms with Crippen molar-refractivity contribution in [3.05, 3.63) is 0 Å². The fourth-order valence-corrected chi connectivity index (χ4v) is 4.75. The highest BCUT2D eigenvalue weighted by Crippen LogP contribution is 2.34. The number of rotatable bonds is 4. The Kier molecular flexibility index (Phi) is 5.84. The van der Waals surface area contributed by atoms with E-state index < -0.39 is 0 Å². The van der Waals surface area contributed by atoms with Crippen molar-refractivity contribution >= 4 is 11.8 Å². The molecule has 1 heterocycles. The molecule has 1 N–H and O–H groups in total. The molecule has 1 saturated heterocycles. The molecule has 0 spiro atoms. The number of nitrogens with one attached hydrogen (secondary N) is 1. The summed E-state index contributed by atoms with van der Waals surface area (Å²) in [5.74, 6) is 2.03. The number of hydrogen-bond acceptors (Lipinski definition) is 3. The van der Waals surface area contributed by atoms with Crippen LogP contribution in [-0.4, -0.2) is 47.6 Å². The van der Waals surface area contributed by atoms with Gasteiger partial charge in [0.2, 0.25) is 0 Å². The van der Waals surface area contributed by atoms with Crippen molar-refractivity contribution < 1.29 is 0 Å². The summed E-state index contributed by atoms with van der Waals surface area (Å²) in [5, 5.41) is 4.64. The third-order valence-corrected chi connectivity index (χ3v) is 5.84. The highest BCUT2D eigenvalue weighted by Gasteiger charge is 2.34. The van der Waals surface area contributed by atoms with E-state index in [1.165, 1.54) is 51.1 Å². The monoisotopic (exact) mass is 270 g/mol. The normalized spacial score (nSPS) is 35.0. The van der Waals surface area contributed by atoms with Crippen LogP contribution in [0.3, 0.4) is 0 Å². The van der Waals surface area contributed by atoms with E-state index in [-0.39, 0.29) is 0 Å². The molecule has 0 aromatic carbocycles. The molecule has 3 unspecified atom stereocenters. The van der Waals surface area contributed by atoms with E-state index in [0.29, 0.717) is 6.04 Å². The minimum absolute atomic E-state index is 0.695. The number of hydrogen-bond donors (Lipinski definition) is 1. The molecule has 0 aromatic rings. The van der Waals surface area contributed by atoms with E-state index >= 15 is 0 Å². The van der Waals surface area contributed by atoms with Gasteiger partial charge in [-0.3, -0.25) is 4.90 Å². The summed E-state index contributed by atoms with van der Waals surface area (Å²) in [4.78, 5) is 2.81. The molecule has 2 rings (SSSR count). The van der Waals surface area contributed by atoms with Crippen molar-refractivity contribution in [3.8, 4) is 0 Å². The molecule has 18 heavy (non-hydrogen) atoms. The molecule has 0 amide bonds. The zero-order valence-corrected chi connectivity index (χ0v) is 13.1. The third-order valence-electron chi connectivity index (χ3n) is 4.53. The quantitative estimate of drug-likeness (QED) is 0.845. The summed E-state index contributed by atoms with van der Waals surface area (Å²) in [5.41, 5.74) is 0. The highest BCUT2D eigenvalue weighted by molar-refractivity contribution is 7.99. The summed E-state index contributed by atoms with van der Waals surface area (Å²) in [6.45, 7) is 10.8. The molecule has 106 valence electrons. The van der Waals surface area contributed by atoms with Crippen molar-refractivity contribution in [2.24, 2.45) is 5.92 Å². The van der Waals surface area contributed by atoms with Gasteiger partial charge in [0.15, 0.2) is 0 Å². The van der Waals surface area contributed by atoms with Gasteiger partial charge in [-0.15, -0.1) is 0 Å². The average molecular weight is 270 g/mol. The Bertz CT molecular complexity index is 245. The van der Waals surface area contributed by atoms with E-state index in [2.05, 4.69) is 42.7 Å². The summed E-state index contributed by atoms with van der Waals surface area (Å²) in [6.07, 6.45) is 5.64. The zero-order valence-electron chi connectivity index (χ0n) is 12.3. The van der Waals surface area contributed by atoms with Crippen LogP contribution < -0.4 is 5.32 Å². The van der Waals surface area contributed by atoms with Gasteiger partial charge in [-0.25, -0.2) is 0 Å². The molecule has 2 aliphatic rings. The van der Waals surface area contributed by atoms with Gasteiger partial charge in [-0.2, -0.15) is 11.8 Å². The van der Waals surface area contributed by atoms with E-state index in [4.69, 9.17) is 0 Å². The lowest BCUT2D eigenvalue weighted by Gasteiger charge is -2.34. The van der Waals surface area contributed by atoms with E-state index in [9.17, 15) is 0 Å². The van der Waals surface area contributed by atoms with E-state index in [1.807, 2.05) is 0 Å². The molecular formula is C15H30N2S. The van der Waals surface area contributed by atoms with Gasteiger partial charge in [0.05, 0.1) is 0 Å². The zero-order chi connectivity index (χ0) is 13.0. The van der Waals surface area contributed by atoms with Gasteiger partial charge >= 0.3 is 0 Å². The largest absolute Gasteiger partial charge is 0.312 e. The van der Waals surface area contributed by atoms with Crippen molar-refractivity contribution in [1.29, 1.82) is 0 Å². The minimum Gasteiger partial charge on any atom is -0.312 e. The van der Waals surface area contributed by atoms with Gasteiger partial charge in [-0.05, 0) is 44.0 Å². The molecule has 0 bridgehead atoms. The first-order valence-electron chi connectivity index (χ1n) is 7.81. The van der Waals surface area contributed by atoms with Crippen LogP contribution in [-0.2, 0) is 0 Å². The lowest BCUT2D eigenvalue weighted by molar-refractivity contribution is 0.186. The van der Waals surface area contributed by atoms with Crippen LogP contribution in [0.15, 0.2) is 0 Å². The Morgan fingerprint density at radius 3 is 2.83 bits per heavy atom. The predicted octanol–water partition coefficient (Wildman–Crippen LogP) is 2.98. The Hall–Kier alpha value is 0.270. The Morgan fingerprint density at radius 2 is 2.11 bits per heavy atom. The van der Waals surface area contributed by atoms with Crippen LogP contribution in [0.2, 0.25) is 0 Å². The molecule has 1 aliphatic heterocycles. The second-order valence-corrected chi connectivity index (χ2v) is 7.66. The second-order valence-electron chi connectivity index (χ2n) is 6.15. The van der Waals surface area contributed by atoms with E-state index in [1.54, 1.807) is 0 Å². The first kappa shape index (κ1) is 14.7. The maximum atomic E-state index is 3.73. The second kappa shape index (κ2) is 7.16. The van der Waals surface area contributed by atoms with Crippen molar-refractivity contribution in [3.63, 3.8) is 0 Å². The van der Waals surface area contributed by atoms with Gasteiger partial charge in [0, 0.05) is 23.9 Å². The number of nitrogens with zero attached hydrogens (tertiary/aromatic N) is 1. The Morgan fingerprint density at radius 1 is 1.28 bits per heavy atom. The lowest BCUT2D eigenvalue weighted by atomic mass is 10.0. The highest BCUT2D eigenvalue weighted by atomic mass is 32.2. The maximum Gasteiger partial charge on any atom is 0.0218 e. The van der Waals surface area contributed by atoms with Crippen LogP contribution in [0, 0.1) is 5.92 Å². The molecule has 2 fully saturated rings. The fourth-order valence-electron chi connectivity index (χ4n) is 3.46. The van der Waals surface area contributed by atoms with Crippen LogP contribution in [0.4, 0.5) is 0 Å². The predicted molar refractivity (Wildman–Crippen MR) is 82.4 cm³/mol. The average Bonchev–Trinajstić information content (AvgIpc) is 2.65. The van der Waals surface area contributed by atoms with Crippen LogP contribution in [0.5, 0.6) is 0 Å². The molecule has 1 aliphatic carbocycles. The molecule has 0 aromatic heterocycles. The lowest BCUT2D eigenvalue weighted by Crippen LogP contribution is -2.46. The topological polar surface area (TPSA) is 15.3 Å². The van der Waals surface area contributed by atoms with Crippen LogP contribution in [0.25, 0.3) is 0 Å². The van der Waals surface area contributed by atoms with Crippen LogP contribution >= 0.6 is 11.8 Å². The summed E-state index contributed by atoms with van der Waals surface area (Å²) < 4.78 is 0. The molecule has 1 saturated carbocycles. The SMILES string of the molecule is CCSC1CCCC1N1CCCNC(C(C)C)C1. The number of thioether (sulfide) groups is 1. The fraction of sp³-hybridized carbons (Fsp3) is 1.00. The minimum atomic E-state index is 0.695. The maximum absolute atomic E-state index is 3.73. The van der Waals surface area contributed by atoms with Crippen molar-refractivity contribution in [2.75, 3.05) is 25.4 Å². The summed E-state index contributed by atoms with van der Waals surface area (Å²) in [6, 6.07) is 1.55. The molecule has 2 nitrogen and oxygen atoms in total. The van der Waals surface area contributed by atoms with Gasteiger partial charge < -0.3 is 5.32 Å². The third kappa shape index (κ3) is 3.64. The Balaban J connectivity index is 1.96. The molecule has 3 heteroatoms. The van der Waals surface area contributed by atoms with Gasteiger partial charge in [-0.1, -0.05) is 27.2 Å². The van der Waals surface area contributed by atoms with Crippen LogP contribution in [0.1, 0.15) is 46.5 Å². The Labute approximate surface area is 117 Å². The molecule has 3 atom stereocenters. The summed E-state index contributed by atoms with van der Waals surface area (Å²) in [7, 11) is 0. The van der Waals surface area contributed by atoms with Crippen molar-refractivity contribution in [2.45, 2.75) is 63.8 Å². The smallest absolute Gasteiger partial charge is 0.0218 e. The first-order valence-corrected chi connectivity index (χ1v) is 8.86. The summed E-state index contributed by atoms with van der Waals surface area (Å²) >= 11 is 2.19. The van der Waals surface area contributed by atoms with Gasteiger partial charge in [0.1, 0.15) is 0 Å².